The molecule has 0 N–H and O–H groups in total. The third kappa shape index (κ3) is 5.49. The lowest BCUT2D eigenvalue weighted by atomic mass is 10.0. The molecule has 0 saturated carbocycles. The summed E-state index contributed by atoms with van der Waals surface area (Å²) in [5.41, 5.74) is 4.83. The monoisotopic (exact) mass is 358 g/mol. The van der Waals surface area contributed by atoms with Crippen molar-refractivity contribution >= 4 is 6.08 Å². The predicted molar refractivity (Wildman–Crippen MR) is 112 cm³/mol. The van der Waals surface area contributed by atoms with Gasteiger partial charge in [0.15, 0.2) is 0 Å². The zero-order chi connectivity index (χ0) is 18.9. The van der Waals surface area contributed by atoms with Crippen LogP contribution in [0.15, 0.2) is 79.4 Å². The summed E-state index contributed by atoms with van der Waals surface area (Å²) in [5, 5.41) is 0. The lowest BCUT2D eigenvalue weighted by molar-refractivity contribution is 0.292. The highest BCUT2D eigenvalue weighted by atomic mass is 16.5. The number of ether oxygens (including phenoxy) is 2. The summed E-state index contributed by atoms with van der Waals surface area (Å²) in [6, 6.07) is 24.5. The number of hydrogen-bond acceptors (Lipinski definition) is 2. The van der Waals surface area contributed by atoms with Gasteiger partial charge in [0.05, 0.1) is 6.61 Å². The molecule has 0 amide bonds. The molecule has 0 radical (unpaired) electrons. The maximum Gasteiger partial charge on any atom is 0.123 e. The number of rotatable bonds is 9. The summed E-state index contributed by atoms with van der Waals surface area (Å²) >= 11 is 0. The summed E-state index contributed by atoms with van der Waals surface area (Å²) in [4.78, 5) is 0. The van der Waals surface area contributed by atoms with E-state index in [1.54, 1.807) is 0 Å². The Balaban J connectivity index is 1.51. The van der Waals surface area contributed by atoms with Crippen molar-refractivity contribution in [2.45, 2.75) is 26.4 Å². The molecule has 27 heavy (non-hydrogen) atoms. The van der Waals surface area contributed by atoms with E-state index in [1.165, 1.54) is 11.1 Å². The van der Waals surface area contributed by atoms with E-state index < -0.39 is 0 Å². The fourth-order valence-corrected chi connectivity index (χ4v) is 3.09. The summed E-state index contributed by atoms with van der Waals surface area (Å²) < 4.78 is 11.9. The SMILES string of the molecule is C=Cc1c(C)cccc1COc1cccc(OCCCc2ccccc2)c1. The third-order valence-electron chi connectivity index (χ3n) is 4.54. The topological polar surface area (TPSA) is 18.5 Å². The molecule has 0 aliphatic heterocycles. The van der Waals surface area contributed by atoms with Gasteiger partial charge >= 0.3 is 0 Å². The summed E-state index contributed by atoms with van der Waals surface area (Å²) in [6.45, 7) is 7.20. The lowest BCUT2D eigenvalue weighted by Crippen LogP contribution is -2.01. The number of benzene rings is 3. The normalized spacial score (nSPS) is 10.4. The first-order valence-corrected chi connectivity index (χ1v) is 9.37. The van der Waals surface area contributed by atoms with Crippen LogP contribution in [0.2, 0.25) is 0 Å². The highest BCUT2D eigenvalue weighted by Gasteiger charge is 2.04. The third-order valence-corrected chi connectivity index (χ3v) is 4.54. The molecule has 0 aromatic heterocycles. The zero-order valence-corrected chi connectivity index (χ0v) is 15.9. The van der Waals surface area contributed by atoms with Crippen molar-refractivity contribution in [2.75, 3.05) is 6.61 Å². The van der Waals surface area contributed by atoms with Crippen molar-refractivity contribution in [3.63, 3.8) is 0 Å². The van der Waals surface area contributed by atoms with E-state index in [0.717, 1.165) is 35.5 Å². The smallest absolute Gasteiger partial charge is 0.123 e. The molecule has 2 heteroatoms. The lowest BCUT2D eigenvalue weighted by Gasteiger charge is -2.12. The van der Waals surface area contributed by atoms with Crippen molar-refractivity contribution < 1.29 is 9.47 Å². The Kier molecular flexibility index (Phi) is 6.70. The molecule has 0 fully saturated rings. The Morgan fingerprint density at radius 2 is 1.59 bits per heavy atom. The summed E-state index contributed by atoms with van der Waals surface area (Å²) in [5.74, 6) is 1.65. The van der Waals surface area contributed by atoms with Gasteiger partial charge in [0.1, 0.15) is 18.1 Å². The molecule has 0 bridgehead atoms. The molecule has 2 nitrogen and oxygen atoms in total. The van der Waals surface area contributed by atoms with Crippen molar-refractivity contribution in [2.24, 2.45) is 0 Å². The maximum atomic E-state index is 5.98. The molecule has 3 aromatic rings. The molecular weight excluding hydrogens is 332 g/mol. The average molecular weight is 358 g/mol. The average Bonchev–Trinajstić information content (AvgIpc) is 2.71. The standard InChI is InChI=1S/C25H26O2/c1-3-25-20(2)10-7-14-22(25)19-27-24-16-8-15-23(18-24)26-17-9-13-21-11-5-4-6-12-21/h3-8,10-12,14-16,18H,1,9,13,17,19H2,2H3. The Hall–Kier alpha value is -3.00. The Morgan fingerprint density at radius 1 is 0.852 bits per heavy atom. The van der Waals surface area contributed by atoms with Gasteiger partial charge < -0.3 is 9.47 Å². The van der Waals surface area contributed by atoms with Crippen LogP contribution in [0.3, 0.4) is 0 Å². The van der Waals surface area contributed by atoms with Crippen molar-refractivity contribution in [1.82, 2.24) is 0 Å². The Bertz CT molecular complexity index is 869. The minimum absolute atomic E-state index is 0.514. The fraction of sp³-hybridized carbons (Fsp3) is 0.200. The van der Waals surface area contributed by atoms with Crippen molar-refractivity contribution in [3.8, 4) is 11.5 Å². The van der Waals surface area contributed by atoms with Crippen LogP contribution >= 0.6 is 0 Å². The minimum Gasteiger partial charge on any atom is -0.493 e. The van der Waals surface area contributed by atoms with Crippen LogP contribution in [-0.4, -0.2) is 6.61 Å². The van der Waals surface area contributed by atoms with Gasteiger partial charge in [-0.2, -0.15) is 0 Å². The summed E-state index contributed by atoms with van der Waals surface area (Å²) in [7, 11) is 0. The van der Waals surface area contributed by atoms with Crippen molar-refractivity contribution in [1.29, 1.82) is 0 Å². The maximum absolute atomic E-state index is 5.98. The van der Waals surface area contributed by atoms with Gasteiger partial charge in [-0.1, -0.05) is 67.3 Å². The largest absolute Gasteiger partial charge is 0.493 e. The van der Waals surface area contributed by atoms with E-state index in [9.17, 15) is 0 Å². The van der Waals surface area contributed by atoms with E-state index in [4.69, 9.17) is 9.47 Å². The van der Waals surface area contributed by atoms with Gasteiger partial charge in [-0.15, -0.1) is 0 Å². The zero-order valence-electron chi connectivity index (χ0n) is 15.9. The molecule has 0 spiro atoms. The van der Waals surface area contributed by atoms with Gasteiger partial charge in [-0.3, -0.25) is 0 Å². The van der Waals surface area contributed by atoms with Gasteiger partial charge in [-0.25, -0.2) is 0 Å². The molecule has 0 aliphatic rings. The number of aryl methyl sites for hydroxylation is 2. The van der Waals surface area contributed by atoms with E-state index >= 15 is 0 Å². The van der Waals surface area contributed by atoms with E-state index in [-0.39, 0.29) is 0 Å². The second kappa shape index (κ2) is 9.63. The first-order valence-electron chi connectivity index (χ1n) is 9.37. The van der Waals surface area contributed by atoms with E-state index in [2.05, 4.69) is 49.9 Å². The molecule has 0 atom stereocenters. The van der Waals surface area contributed by atoms with E-state index in [0.29, 0.717) is 13.2 Å². The van der Waals surface area contributed by atoms with Gasteiger partial charge in [0.2, 0.25) is 0 Å². The van der Waals surface area contributed by atoms with Crippen LogP contribution in [-0.2, 0) is 13.0 Å². The Morgan fingerprint density at radius 3 is 2.37 bits per heavy atom. The molecule has 3 rings (SSSR count). The van der Waals surface area contributed by atoms with Crippen LogP contribution in [0.25, 0.3) is 6.08 Å². The number of hydrogen-bond donors (Lipinski definition) is 0. The molecule has 0 unspecified atom stereocenters. The predicted octanol–water partition coefficient (Wildman–Crippen LogP) is 6.23. The van der Waals surface area contributed by atoms with E-state index in [1.807, 2.05) is 42.5 Å². The van der Waals surface area contributed by atoms with Crippen LogP contribution < -0.4 is 9.47 Å². The van der Waals surface area contributed by atoms with Crippen molar-refractivity contribution in [3.05, 3.63) is 102 Å². The van der Waals surface area contributed by atoms with Gasteiger partial charge in [-0.05, 0) is 54.2 Å². The molecule has 0 aliphatic carbocycles. The molecular formula is C25H26O2. The molecule has 138 valence electrons. The minimum atomic E-state index is 0.514. The van der Waals surface area contributed by atoms with Crippen LogP contribution in [0.4, 0.5) is 0 Å². The quantitative estimate of drug-likeness (QED) is 0.422. The van der Waals surface area contributed by atoms with Gasteiger partial charge in [0.25, 0.3) is 0 Å². The second-order valence-electron chi connectivity index (χ2n) is 6.55. The summed E-state index contributed by atoms with van der Waals surface area (Å²) in [6.07, 6.45) is 3.90. The Labute approximate surface area is 162 Å². The highest BCUT2D eigenvalue weighted by Crippen LogP contribution is 2.22. The first kappa shape index (κ1) is 18.8. The van der Waals surface area contributed by atoms with Crippen LogP contribution in [0, 0.1) is 6.92 Å². The first-order chi connectivity index (χ1) is 13.3. The second-order valence-corrected chi connectivity index (χ2v) is 6.55. The fourth-order valence-electron chi connectivity index (χ4n) is 3.09. The van der Waals surface area contributed by atoms with Crippen LogP contribution in [0.5, 0.6) is 11.5 Å². The highest BCUT2D eigenvalue weighted by molar-refractivity contribution is 5.56. The molecule has 0 heterocycles. The van der Waals surface area contributed by atoms with Gasteiger partial charge in [0, 0.05) is 6.07 Å². The molecule has 0 saturated heterocycles. The van der Waals surface area contributed by atoms with Crippen LogP contribution in [0.1, 0.15) is 28.7 Å². The molecule has 3 aromatic carbocycles.